The highest BCUT2D eigenvalue weighted by molar-refractivity contribution is 7.14. The number of hydrogen-bond acceptors (Lipinski definition) is 3. The van der Waals surface area contributed by atoms with E-state index >= 15 is 0 Å². The Morgan fingerprint density at radius 2 is 1.88 bits per heavy atom. The molecule has 1 aliphatic heterocycles. The highest BCUT2D eigenvalue weighted by Gasteiger charge is 2.27. The van der Waals surface area contributed by atoms with Crippen molar-refractivity contribution in [2.75, 3.05) is 18.4 Å². The molecule has 25 heavy (non-hydrogen) atoms. The number of halogens is 1. The first-order chi connectivity index (χ1) is 12.1. The number of benzene rings is 1. The number of thiophene rings is 1. The van der Waals surface area contributed by atoms with Crippen LogP contribution in [-0.4, -0.2) is 29.9 Å². The van der Waals surface area contributed by atoms with Gasteiger partial charge in [0.05, 0.1) is 5.00 Å². The predicted molar refractivity (Wildman–Crippen MR) is 101 cm³/mol. The molecule has 0 aliphatic carbocycles. The third-order valence-corrected chi connectivity index (χ3v) is 5.32. The Kier molecular flexibility index (Phi) is 5.94. The van der Waals surface area contributed by atoms with Gasteiger partial charge in [0.25, 0.3) is 0 Å². The fourth-order valence-electron chi connectivity index (χ4n) is 2.81. The third kappa shape index (κ3) is 4.96. The number of piperidine rings is 1. The van der Waals surface area contributed by atoms with E-state index in [0.29, 0.717) is 37.5 Å². The Morgan fingerprint density at radius 1 is 1.16 bits per heavy atom. The van der Waals surface area contributed by atoms with E-state index in [1.54, 1.807) is 4.90 Å². The largest absolute Gasteiger partial charge is 0.352 e. The highest BCUT2D eigenvalue weighted by Crippen LogP contribution is 2.20. The summed E-state index contributed by atoms with van der Waals surface area (Å²) in [6, 6.07) is 11.1. The van der Waals surface area contributed by atoms with Crippen LogP contribution in [0, 0.1) is 5.92 Å². The molecule has 1 aromatic heterocycles. The molecule has 0 bridgehead atoms. The molecular formula is C18H20ClN3O2S. The van der Waals surface area contributed by atoms with Crippen LogP contribution in [0.1, 0.15) is 18.4 Å². The maximum absolute atomic E-state index is 12.3. The van der Waals surface area contributed by atoms with Gasteiger partial charge in [-0.25, -0.2) is 4.79 Å². The van der Waals surface area contributed by atoms with Gasteiger partial charge in [0.2, 0.25) is 5.91 Å². The first-order valence-corrected chi connectivity index (χ1v) is 9.49. The van der Waals surface area contributed by atoms with Gasteiger partial charge < -0.3 is 10.2 Å². The summed E-state index contributed by atoms with van der Waals surface area (Å²) < 4.78 is 0. The molecule has 2 heterocycles. The lowest BCUT2D eigenvalue weighted by atomic mass is 9.96. The van der Waals surface area contributed by atoms with Crippen molar-refractivity contribution in [3.8, 4) is 0 Å². The van der Waals surface area contributed by atoms with E-state index in [9.17, 15) is 9.59 Å². The number of rotatable bonds is 4. The molecule has 1 fully saturated rings. The second-order valence-corrected chi connectivity index (χ2v) is 7.40. The summed E-state index contributed by atoms with van der Waals surface area (Å²) in [4.78, 5) is 26.3. The van der Waals surface area contributed by atoms with E-state index in [1.165, 1.54) is 11.3 Å². The minimum Gasteiger partial charge on any atom is -0.352 e. The molecule has 3 rings (SSSR count). The van der Waals surface area contributed by atoms with E-state index in [2.05, 4.69) is 10.6 Å². The topological polar surface area (TPSA) is 61.4 Å². The molecule has 0 atom stereocenters. The molecule has 0 saturated carbocycles. The molecule has 1 aromatic carbocycles. The van der Waals surface area contributed by atoms with Crippen LogP contribution in [0.2, 0.25) is 5.02 Å². The summed E-state index contributed by atoms with van der Waals surface area (Å²) in [7, 11) is 0. The molecule has 0 radical (unpaired) electrons. The zero-order valence-corrected chi connectivity index (χ0v) is 15.3. The standard InChI is InChI=1S/C18H20ClN3O2S/c19-15-5-3-13(4-6-15)12-20-17(23)14-7-9-22(10-8-14)18(24)21-16-2-1-11-25-16/h1-6,11,14H,7-10,12H2,(H,20,23)(H,21,24). The van der Waals surface area contributed by atoms with Gasteiger partial charge in [0.1, 0.15) is 0 Å². The van der Waals surface area contributed by atoms with Crippen LogP contribution in [-0.2, 0) is 11.3 Å². The molecule has 2 aromatic rings. The summed E-state index contributed by atoms with van der Waals surface area (Å²) in [5, 5.41) is 9.30. The van der Waals surface area contributed by atoms with Crippen molar-refractivity contribution in [1.82, 2.24) is 10.2 Å². The smallest absolute Gasteiger partial charge is 0.322 e. The second kappa shape index (κ2) is 8.36. The zero-order chi connectivity index (χ0) is 17.6. The van der Waals surface area contributed by atoms with Crippen LogP contribution in [0.5, 0.6) is 0 Å². The third-order valence-electron chi connectivity index (χ3n) is 4.28. The Morgan fingerprint density at radius 3 is 2.52 bits per heavy atom. The van der Waals surface area contributed by atoms with Crippen LogP contribution in [0.15, 0.2) is 41.8 Å². The van der Waals surface area contributed by atoms with E-state index in [-0.39, 0.29) is 17.9 Å². The number of likely N-dealkylation sites (tertiary alicyclic amines) is 1. The second-order valence-electron chi connectivity index (χ2n) is 6.01. The summed E-state index contributed by atoms with van der Waals surface area (Å²) in [5.41, 5.74) is 1.02. The van der Waals surface area contributed by atoms with Crippen molar-refractivity contribution in [2.45, 2.75) is 19.4 Å². The van der Waals surface area contributed by atoms with Crippen molar-refractivity contribution in [3.63, 3.8) is 0 Å². The molecule has 7 heteroatoms. The van der Waals surface area contributed by atoms with Crippen molar-refractivity contribution in [2.24, 2.45) is 5.92 Å². The van der Waals surface area contributed by atoms with Gasteiger partial charge in [0, 0.05) is 30.6 Å². The number of carbonyl (C=O) groups excluding carboxylic acids is 2. The maximum Gasteiger partial charge on any atom is 0.322 e. The van der Waals surface area contributed by atoms with Gasteiger partial charge in [-0.2, -0.15) is 0 Å². The molecule has 5 nitrogen and oxygen atoms in total. The Bertz CT molecular complexity index is 710. The van der Waals surface area contributed by atoms with Crippen LogP contribution < -0.4 is 10.6 Å². The van der Waals surface area contributed by atoms with E-state index in [1.807, 2.05) is 41.8 Å². The number of hydrogen-bond donors (Lipinski definition) is 2. The quantitative estimate of drug-likeness (QED) is 0.847. The average molecular weight is 378 g/mol. The van der Waals surface area contributed by atoms with Gasteiger partial charge >= 0.3 is 6.03 Å². The van der Waals surface area contributed by atoms with Gasteiger partial charge in [-0.05, 0) is 48.1 Å². The monoisotopic (exact) mass is 377 g/mol. The molecule has 3 amide bonds. The van der Waals surface area contributed by atoms with Gasteiger partial charge in [-0.1, -0.05) is 23.7 Å². The lowest BCUT2D eigenvalue weighted by molar-refractivity contribution is -0.126. The van der Waals surface area contributed by atoms with Crippen LogP contribution in [0.25, 0.3) is 0 Å². The van der Waals surface area contributed by atoms with Crippen molar-refractivity contribution in [1.29, 1.82) is 0 Å². The number of amides is 3. The molecule has 2 N–H and O–H groups in total. The summed E-state index contributed by atoms with van der Waals surface area (Å²) in [6.07, 6.45) is 1.37. The zero-order valence-electron chi connectivity index (χ0n) is 13.7. The highest BCUT2D eigenvalue weighted by atomic mass is 35.5. The van der Waals surface area contributed by atoms with Gasteiger partial charge in [-0.15, -0.1) is 11.3 Å². The van der Waals surface area contributed by atoms with Crippen LogP contribution in [0.4, 0.5) is 9.80 Å². The van der Waals surface area contributed by atoms with Crippen LogP contribution in [0.3, 0.4) is 0 Å². The summed E-state index contributed by atoms with van der Waals surface area (Å²) >= 11 is 7.35. The fraction of sp³-hybridized carbons (Fsp3) is 0.333. The molecular weight excluding hydrogens is 358 g/mol. The lowest BCUT2D eigenvalue weighted by Crippen LogP contribution is -2.44. The lowest BCUT2D eigenvalue weighted by Gasteiger charge is -2.31. The van der Waals surface area contributed by atoms with E-state index in [0.717, 1.165) is 10.6 Å². The Balaban J connectivity index is 1.42. The van der Waals surface area contributed by atoms with Crippen molar-refractivity contribution in [3.05, 3.63) is 52.4 Å². The van der Waals surface area contributed by atoms with E-state index in [4.69, 9.17) is 11.6 Å². The average Bonchev–Trinajstić information content (AvgIpc) is 3.14. The number of urea groups is 1. The van der Waals surface area contributed by atoms with Crippen molar-refractivity contribution >= 4 is 39.9 Å². The minimum absolute atomic E-state index is 0.0434. The number of nitrogens with zero attached hydrogens (tertiary/aromatic N) is 1. The SMILES string of the molecule is O=C(NCc1ccc(Cl)cc1)C1CCN(C(=O)Nc2cccs2)CC1. The minimum atomic E-state index is -0.0949. The summed E-state index contributed by atoms with van der Waals surface area (Å²) in [5.74, 6) is 0.00588. The Hall–Kier alpha value is -2.05. The first-order valence-electron chi connectivity index (χ1n) is 8.23. The molecule has 1 saturated heterocycles. The molecule has 132 valence electrons. The molecule has 1 aliphatic rings. The molecule has 0 spiro atoms. The number of anilines is 1. The maximum atomic E-state index is 12.3. The number of carbonyl (C=O) groups is 2. The Labute approximate surface area is 156 Å². The normalized spacial score (nSPS) is 15.0. The fourth-order valence-corrected chi connectivity index (χ4v) is 3.55. The predicted octanol–water partition coefficient (Wildman–Crippen LogP) is 3.96. The first kappa shape index (κ1) is 17.8. The van der Waals surface area contributed by atoms with E-state index < -0.39 is 0 Å². The van der Waals surface area contributed by atoms with Crippen molar-refractivity contribution < 1.29 is 9.59 Å². The number of nitrogens with one attached hydrogen (secondary N) is 2. The van der Waals surface area contributed by atoms with Crippen LogP contribution >= 0.6 is 22.9 Å². The molecule has 0 unspecified atom stereocenters. The summed E-state index contributed by atoms with van der Waals surface area (Å²) in [6.45, 7) is 1.68. The van der Waals surface area contributed by atoms with Gasteiger partial charge in [-0.3, -0.25) is 10.1 Å². The van der Waals surface area contributed by atoms with Gasteiger partial charge in [0.15, 0.2) is 0 Å².